The zero-order chi connectivity index (χ0) is 35.3. The van der Waals surface area contributed by atoms with E-state index < -0.39 is 30.9 Å². The third kappa shape index (κ3) is 5.54. The van der Waals surface area contributed by atoms with E-state index in [1.807, 2.05) is 13.8 Å². The van der Waals surface area contributed by atoms with Crippen LogP contribution >= 0.6 is 0 Å². The zero-order valence-electron chi connectivity index (χ0n) is 29.7. The molecule has 5 fully saturated rings. The van der Waals surface area contributed by atoms with Crippen molar-refractivity contribution in [3.05, 3.63) is 24.0 Å². The number of hydrogen-bond acceptors (Lipinski definition) is 7. The van der Waals surface area contributed by atoms with E-state index in [1.54, 1.807) is 6.08 Å². The second-order valence-electron chi connectivity index (χ2n) is 17.7. The summed E-state index contributed by atoms with van der Waals surface area (Å²) in [6.07, 6.45) is 10.5. The highest BCUT2D eigenvalue weighted by atomic mass is 32.2. The topological polar surface area (TPSA) is 92.8 Å². The molecule has 1 aliphatic heterocycles. The van der Waals surface area contributed by atoms with Gasteiger partial charge in [0.25, 0.3) is 0 Å². The predicted octanol–water partition coefficient (Wildman–Crippen LogP) is 7.08. The maximum Gasteiger partial charge on any atom is 0.534 e. The molecule has 4 saturated carbocycles. The molecule has 0 aromatic rings. The van der Waals surface area contributed by atoms with Crippen LogP contribution in [0.5, 0.6) is 0 Å². The van der Waals surface area contributed by atoms with Gasteiger partial charge in [0, 0.05) is 37.1 Å². The lowest BCUT2D eigenvalue weighted by atomic mass is 9.33. The first-order valence-corrected chi connectivity index (χ1v) is 21.3. The maximum atomic E-state index is 13.3. The summed E-state index contributed by atoms with van der Waals surface area (Å²) in [6.45, 7) is 20.7. The third-order valence-electron chi connectivity index (χ3n) is 15.4. The molecule has 9 atom stereocenters. The highest BCUT2D eigenvalue weighted by molar-refractivity contribution is 7.91. The van der Waals surface area contributed by atoms with Crippen molar-refractivity contribution in [1.82, 2.24) is 10.2 Å². The maximum absolute atomic E-state index is 13.3. The van der Waals surface area contributed by atoms with Crippen molar-refractivity contribution in [1.29, 1.82) is 0 Å². The standard InChI is InChI=1S/C36H57F3N2O5S2/c1-24(2)25-10-15-35(40-18-19-41-20-22-47(42,43)23-21-41)17-16-33(6)26(30(25)35)8-9-28-32(5)13-12-29(46-48(44,45)36(37,38)39)31(3,4)27(32)11-14-34(28,33)7/h12,25-28,30,40H,1,8-11,13-23H2,2-7H3. The molecule has 0 radical (unpaired) electrons. The van der Waals surface area contributed by atoms with Crippen molar-refractivity contribution in [3.63, 3.8) is 0 Å². The Bertz CT molecular complexity index is 1550. The summed E-state index contributed by atoms with van der Waals surface area (Å²) in [7, 11) is -8.65. The van der Waals surface area contributed by atoms with E-state index in [-0.39, 0.29) is 45.0 Å². The number of alkyl halides is 3. The van der Waals surface area contributed by atoms with E-state index in [9.17, 15) is 30.0 Å². The molecule has 1 heterocycles. The van der Waals surface area contributed by atoms with Gasteiger partial charge in [-0.1, -0.05) is 46.8 Å². The molecule has 48 heavy (non-hydrogen) atoms. The Labute approximate surface area is 286 Å². The van der Waals surface area contributed by atoms with Gasteiger partial charge in [-0.2, -0.15) is 21.6 Å². The molecule has 5 aliphatic carbocycles. The second-order valence-corrected chi connectivity index (χ2v) is 21.6. The van der Waals surface area contributed by atoms with Crippen molar-refractivity contribution in [2.45, 2.75) is 110 Å². The molecule has 0 aromatic carbocycles. The molecule has 1 saturated heterocycles. The fraction of sp³-hybridized carbons (Fsp3) is 0.889. The highest BCUT2D eigenvalue weighted by Gasteiger charge is 2.70. The molecule has 6 rings (SSSR count). The van der Waals surface area contributed by atoms with E-state index >= 15 is 0 Å². The minimum Gasteiger partial charge on any atom is -0.380 e. The Balaban J connectivity index is 1.26. The van der Waals surface area contributed by atoms with E-state index in [0.29, 0.717) is 43.2 Å². The van der Waals surface area contributed by atoms with Crippen LogP contribution < -0.4 is 5.32 Å². The van der Waals surface area contributed by atoms with Gasteiger partial charge >= 0.3 is 15.6 Å². The van der Waals surface area contributed by atoms with Gasteiger partial charge in [0.05, 0.1) is 11.5 Å². The van der Waals surface area contributed by atoms with E-state index in [2.05, 4.69) is 44.5 Å². The fourth-order valence-electron chi connectivity index (χ4n) is 12.8. The summed E-state index contributed by atoms with van der Waals surface area (Å²) in [6, 6.07) is 0. The number of halogens is 3. The van der Waals surface area contributed by atoms with Crippen molar-refractivity contribution in [2.75, 3.05) is 37.7 Å². The summed E-state index contributed by atoms with van der Waals surface area (Å²) in [5.41, 5.74) is -5.13. The van der Waals surface area contributed by atoms with Crippen LogP contribution in [0.2, 0.25) is 0 Å². The summed E-state index contributed by atoms with van der Waals surface area (Å²) < 4.78 is 92.9. The smallest absolute Gasteiger partial charge is 0.380 e. The minimum atomic E-state index is -5.74. The van der Waals surface area contributed by atoms with E-state index in [1.165, 1.54) is 5.57 Å². The van der Waals surface area contributed by atoms with Gasteiger partial charge < -0.3 is 14.4 Å². The first kappa shape index (κ1) is 36.7. The van der Waals surface area contributed by atoms with E-state index in [0.717, 1.165) is 64.5 Å². The summed E-state index contributed by atoms with van der Waals surface area (Å²) >= 11 is 0. The van der Waals surface area contributed by atoms with Gasteiger partial charge in [0.2, 0.25) is 0 Å². The lowest BCUT2D eigenvalue weighted by Gasteiger charge is -2.72. The monoisotopic (exact) mass is 718 g/mol. The van der Waals surface area contributed by atoms with Gasteiger partial charge in [0.1, 0.15) is 5.76 Å². The molecular formula is C36H57F3N2O5S2. The molecule has 1 N–H and O–H groups in total. The minimum absolute atomic E-state index is 0.00423. The number of hydrogen-bond donors (Lipinski definition) is 1. The Hall–Kier alpha value is -1.11. The van der Waals surface area contributed by atoms with Gasteiger partial charge in [-0.05, 0) is 117 Å². The highest BCUT2D eigenvalue weighted by Crippen LogP contribution is 2.76. The average Bonchev–Trinajstić information content (AvgIpc) is 3.35. The van der Waals surface area contributed by atoms with Crippen molar-refractivity contribution < 1.29 is 34.2 Å². The van der Waals surface area contributed by atoms with Crippen LogP contribution in [0.15, 0.2) is 24.0 Å². The first-order valence-electron chi connectivity index (χ1n) is 18.1. The SMILES string of the molecule is C=C(C)C1CCC2(NCCN3CCS(=O)(=O)CC3)CCC3(C)C(CCC4C5(C)CC=C(OS(=O)(=O)C(F)(F)F)C(C)(C)C5CCC43C)C12. The van der Waals surface area contributed by atoms with Crippen LogP contribution in [-0.2, 0) is 24.1 Å². The Morgan fingerprint density at radius 1 is 0.979 bits per heavy atom. The molecule has 0 aromatic heterocycles. The summed E-state index contributed by atoms with van der Waals surface area (Å²) in [5, 5.41) is 4.10. The second kappa shape index (κ2) is 11.7. The largest absolute Gasteiger partial charge is 0.534 e. The number of sulfone groups is 1. The molecule has 7 nitrogen and oxygen atoms in total. The van der Waals surface area contributed by atoms with Crippen LogP contribution in [0, 0.1) is 51.2 Å². The molecule has 0 bridgehead atoms. The van der Waals surface area contributed by atoms with Crippen LogP contribution in [0.3, 0.4) is 0 Å². The quantitative estimate of drug-likeness (QED) is 0.171. The fourth-order valence-corrected chi connectivity index (χ4v) is 14.7. The van der Waals surface area contributed by atoms with Crippen molar-refractivity contribution in [2.24, 2.45) is 51.2 Å². The molecule has 9 unspecified atom stereocenters. The Kier molecular flexibility index (Phi) is 8.94. The summed E-state index contributed by atoms with van der Waals surface area (Å²) in [5.74, 6) is 2.18. The Morgan fingerprint density at radius 2 is 1.65 bits per heavy atom. The first-order chi connectivity index (χ1) is 22.0. The molecule has 274 valence electrons. The van der Waals surface area contributed by atoms with Crippen LogP contribution in [0.1, 0.15) is 99.3 Å². The van der Waals surface area contributed by atoms with Crippen LogP contribution in [0.4, 0.5) is 13.2 Å². The number of fused-ring (bicyclic) bond motifs is 7. The molecule has 0 spiro atoms. The number of rotatable bonds is 7. The molecule has 12 heteroatoms. The number of nitrogens with zero attached hydrogens (tertiary/aromatic N) is 1. The van der Waals surface area contributed by atoms with Gasteiger partial charge in [-0.3, -0.25) is 0 Å². The lowest BCUT2D eigenvalue weighted by Crippen LogP contribution is -2.68. The lowest BCUT2D eigenvalue weighted by molar-refractivity contribution is -0.223. The van der Waals surface area contributed by atoms with Crippen molar-refractivity contribution in [3.8, 4) is 0 Å². The van der Waals surface area contributed by atoms with E-state index in [4.69, 9.17) is 4.18 Å². The summed E-state index contributed by atoms with van der Waals surface area (Å²) in [4.78, 5) is 2.28. The van der Waals surface area contributed by atoms with Gasteiger partial charge in [-0.15, -0.1) is 0 Å². The number of nitrogens with one attached hydrogen (secondary N) is 1. The normalized spacial score (nSPS) is 44.0. The van der Waals surface area contributed by atoms with Gasteiger partial charge in [0.15, 0.2) is 9.84 Å². The van der Waals surface area contributed by atoms with Crippen LogP contribution in [-0.4, -0.2) is 70.5 Å². The molecule has 6 aliphatic rings. The zero-order valence-corrected chi connectivity index (χ0v) is 31.3. The van der Waals surface area contributed by atoms with Crippen LogP contribution in [0.25, 0.3) is 0 Å². The molecule has 0 amide bonds. The number of allylic oxidation sites excluding steroid dienone is 3. The Morgan fingerprint density at radius 3 is 2.27 bits per heavy atom. The third-order valence-corrected chi connectivity index (χ3v) is 18.0. The van der Waals surface area contributed by atoms with Gasteiger partial charge in [-0.25, -0.2) is 8.42 Å². The van der Waals surface area contributed by atoms with Crippen molar-refractivity contribution >= 4 is 20.0 Å². The average molecular weight is 719 g/mol. The predicted molar refractivity (Wildman–Crippen MR) is 182 cm³/mol. The molecular weight excluding hydrogens is 662 g/mol.